The van der Waals surface area contributed by atoms with E-state index in [0.717, 1.165) is 5.69 Å². The van der Waals surface area contributed by atoms with Gasteiger partial charge in [-0.1, -0.05) is 6.07 Å². The van der Waals surface area contributed by atoms with Gasteiger partial charge in [-0.2, -0.15) is 0 Å². The average Bonchev–Trinajstić information content (AvgIpc) is 2.14. The molecule has 1 aromatic rings. The maximum absolute atomic E-state index is 10.9. The molecule has 1 aromatic carbocycles. The predicted octanol–water partition coefficient (Wildman–Crippen LogP) is 0.427. The summed E-state index contributed by atoms with van der Waals surface area (Å²) in [4.78, 5) is 10.9. The highest BCUT2D eigenvalue weighted by Gasteiger charge is 1.96. The standard InChI is InChI=1S/C9H13N3O/c1-11-9(13)6-12-8-4-2-3-7(10)5-8/h2-5,12H,6,10H2,1H3,(H,11,13). The molecule has 0 radical (unpaired) electrons. The monoisotopic (exact) mass is 179 g/mol. The van der Waals surface area contributed by atoms with Crippen LogP contribution in [-0.2, 0) is 4.79 Å². The van der Waals surface area contributed by atoms with Crippen LogP contribution < -0.4 is 16.4 Å². The third-order valence-electron chi connectivity index (χ3n) is 1.62. The first-order valence-corrected chi connectivity index (χ1v) is 4.02. The van der Waals surface area contributed by atoms with E-state index in [1.165, 1.54) is 0 Å². The number of amides is 1. The Morgan fingerprint density at radius 3 is 2.92 bits per heavy atom. The Morgan fingerprint density at radius 1 is 1.54 bits per heavy atom. The summed E-state index contributed by atoms with van der Waals surface area (Å²) in [6.45, 7) is 0.264. The number of hydrogen-bond donors (Lipinski definition) is 3. The number of benzene rings is 1. The van der Waals surface area contributed by atoms with E-state index in [9.17, 15) is 4.79 Å². The summed E-state index contributed by atoms with van der Waals surface area (Å²) in [5.41, 5.74) is 7.09. The van der Waals surface area contributed by atoms with Crippen molar-refractivity contribution in [2.24, 2.45) is 0 Å². The van der Waals surface area contributed by atoms with Gasteiger partial charge in [0.15, 0.2) is 0 Å². The minimum Gasteiger partial charge on any atom is -0.399 e. The second kappa shape index (κ2) is 4.35. The number of anilines is 2. The maximum Gasteiger partial charge on any atom is 0.239 e. The first kappa shape index (κ1) is 9.38. The number of likely N-dealkylation sites (N-methyl/N-ethyl adjacent to an activating group) is 1. The molecule has 0 spiro atoms. The molecule has 13 heavy (non-hydrogen) atoms. The van der Waals surface area contributed by atoms with Crippen molar-refractivity contribution in [2.45, 2.75) is 0 Å². The van der Waals surface area contributed by atoms with Gasteiger partial charge in [-0.25, -0.2) is 0 Å². The first-order chi connectivity index (χ1) is 6.22. The van der Waals surface area contributed by atoms with Gasteiger partial charge in [-0.05, 0) is 18.2 Å². The van der Waals surface area contributed by atoms with E-state index in [4.69, 9.17) is 5.73 Å². The zero-order chi connectivity index (χ0) is 9.68. The van der Waals surface area contributed by atoms with Crippen molar-refractivity contribution in [1.82, 2.24) is 5.32 Å². The SMILES string of the molecule is CNC(=O)CNc1cccc(N)c1. The predicted molar refractivity (Wildman–Crippen MR) is 53.4 cm³/mol. The highest BCUT2D eigenvalue weighted by molar-refractivity contribution is 5.80. The van der Waals surface area contributed by atoms with Crippen LogP contribution in [-0.4, -0.2) is 19.5 Å². The molecule has 70 valence electrons. The zero-order valence-electron chi connectivity index (χ0n) is 7.50. The van der Waals surface area contributed by atoms with Crippen molar-refractivity contribution in [2.75, 3.05) is 24.6 Å². The van der Waals surface area contributed by atoms with E-state index in [-0.39, 0.29) is 12.5 Å². The largest absolute Gasteiger partial charge is 0.399 e. The number of carbonyl (C=O) groups is 1. The van der Waals surface area contributed by atoms with Crippen molar-refractivity contribution in [1.29, 1.82) is 0 Å². The Hall–Kier alpha value is -1.71. The molecule has 1 rings (SSSR count). The van der Waals surface area contributed by atoms with Gasteiger partial charge in [0.25, 0.3) is 0 Å². The van der Waals surface area contributed by atoms with Crippen LogP contribution in [0.2, 0.25) is 0 Å². The smallest absolute Gasteiger partial charge is 0.239 e. The van der Waals surface area contributed by atoms with Crippen molar-refractivity contribution in [3.8, 4) is 0 Å². The van der Waals surface area contributed by atoms with Crippen LogP contribution in [0, 0.1) is 0 Å². The molecule has 0 aliphatic heterocycles. The van der Waals surface area contributed by atoms with E-state index < -0.39 is 0 Å². The highest BCUT2D eigenvalue weighted by atomic mass is 16.1. The maximum atomic E-state index is 10.9. The van der Waals surface area contributed by atoms with Gasteiger partial charge in [0, 0.05) is 18.4 Å². The fourth-order valence-corrected chi connectivity index (χ4v) is 0.919. The lowest BCUT2D eigenvalue weighted by atomic mass is 10.3. The lowest BCUT2D eigenvalue weighted by molar-refractivity contribution is -0.118. The molecule has 0 atom stereocenters. The van der Waals surface area contributed by atoms with Crippen LogP contribution in [0.3, 0.4) is 0 Å². The van der Waals surface area contributed by atoms with Gasteiger partial charge in [0.05, 0.1) is 6.54 Å². The summed E-state index contributed by atoms with van der Waals surface area (Å²) in [5, 5.41) is 5.46. The van der Waals surface area contributed by atoms with E-state index in [0.29, 0.717) is 5.69 Å². The molecule has 0 aliphatic carbocycles. The molecule has 0 fully saturated rings. The number of rotatable bonds is 3. The normalized spacial score (nSPS) is 9.31. The summed E-state index contributed by atoms with van der Waals surface area (Å²) in [7, 11) is 1.60. The molecule has 0 unspecified atom stereocenters. The second-order valence-electron chi connectivity index (χ2n) is 2.65. The van der Waals surface area contributed by atoms with Crippen LogP contribution >= 0.6 is 0 Å². The Morgan fingerprint density at radius 2 is 2.31 bits per heavy atom. The van der Waals surface area contributed by atoms with E-state index >= 15 is 0 Å². The molecule has 0 aromatic heterocycles. The topological polar surface area (TPSA) is 67.2 Å². The van der Waals surface area contributed by atoms with Crippen molar-refractivity contribution < 1.29 is 4.79 Å². The van der Waals surface area contributed by atoms with Crippen LogP contribution in [0.5, 0.6) is 0 Å². The first-order valence-electron chi connectivity index (χ1n) is 4.02. The summed E-state index contributed by atoms with van der Waals surface area (Å²) < 4.78 is 0. The van der Waals surface area contributed by atoms with Gasteiger partial charge in [0.2, 0.25) is 5.91 Å². The Balaban J connectivity index is 2.50. The minimum absolute atomic E-state index is 0.0533. The third-order valence-corrected chi connectivity index (χ3v) is 1.62. The van der Waals surface area contributed by atoms with E-state index in [1.54, 1.807) is 19.2 Å². The average molecular weight is 179 g/mol. The summed E-state index contributed by atoms with van der Waals surface area (Å²) in [5.74, 6) is -0.0533. The molecule has 0 heterocycles. The number of carbonyl (C=O) groups excluding carboxylic acids is 1. The number of hydrogen-bond acceptors (Lipinski definition) is 3. The molecule has 4 nitrogen and oxygen atoms in total. The van der Waals surface area contributed by atoms with Crippen LogP contribution in [0.25, 0.3) is 0 Å². The Kier molecular flexibility index (Phi) is 3.14. The zero-order valence-corrected chi connectivity index (χ0v) is 7.50. The van der Waals surface area contributed by atoms with Crippen LogP contribution in [0.15, 0.2) is 24.3 Å². The van der Waals surface area contributed by atoms with E-state index in [1.807, 2.05) is 12.1 Å². The third kappa shape index (κ3) is 3.02. The fraction of sp³-hybridized carbons (Fsp3) is 0.222. The molecule has 0 saturated carbocycles. The van der Waals surface area contributed by atoms with Crippen LogP contribution in [0.1, 0.15) is 0 Å². The number of nitrogens with one attached hydrogen (secondary N) is 2. The molecule has 0 bridgehead atoms. The molecule has 0 saturated heterocycles. The molecular weight excluding hydrogens is 166 g/mol. The van der Waals surface area contributed by atoms with Gasteiger partial charge in [0.1, 0.15) is 0 Å². The Labute approximate surface area is 77.1 Å². The van der Waals surface area contributed by atoms with Crippen LogP contribution in [0.4, 0.5) is 11.4 Å². The van der Waals surface area contributed by atoms with Gasteiger partial charge < -0.3 is 16.4 Å². The molecular formula is C9H13N3O. The van der Waals surface area contributed by atoms with E-state index in [2.05, 4.69) is 10.6 Å². The number of nitrogen functional groups attached to an aromatic ring is 1. The quantitative estimate of drug-likeness (QED) is 0.589. The summed E-state index contributed by atoms with van der Waals surface area (Å²) in [6.07, 6.45) is 0. The second-order valence-corrected chi connectivity index (χ2v) is 2.65. The van der Waals surface area contributed by atoms with Crippen molar-refractivity contribution >= 4 is 17.3 Å². The van der Waals surface area contributed by atoms with Crippen molar-refractivity contribution in [3.63, 3.8) is 0 Å². The lowest BCUT2D eigenvalue weighted by Gasteiger charge is -2.05. The molecule has 1 amide bonds. The number of nitrogens with two attached hydrogens (primary N) is 1. The van der Waals surface area contributed by atoms with Gasteiger partial charge in [-0.15, -0.1) is 0 Å². The minimum atomic E-state index is -0.0533. The molecule has 4 N–H and O–H groups in total. The fourth-order valence-electron chi connectivity index (χ4n) is 0.919. The van der Waals surface area contributed by atoms with Crippen molar-refractivity contribution in [3.05, 3.63) is 24.3 Å². The summed E-state index contributed by atoms with van der Waals surface area (Å²) in [6, 6.07) is 7.27. The summed E-state index contributed by atoms with van der Waals surface area (Å²) >= 11 is 0. The Bertz CT molecular complexity index is 299. The highest BCUT2D eigenvalue weighted by Crippen LogP contribution is 2.10. The molecule has 4 heteroatoms. The van der Waals surface area contributed by atoms with Gasteiger partial charge >= 0.3 is 0 Å². The van der Waals surface area contributed by atoms with Gasteiger partial charge in [-0.3, -0.25) is 4.79 Å². The lowest BCUT2D eigenvalue weighted by Crippen LogP contribution is -2.26. The molecule has 0 aliphatic rings.